The molecule has 0 bridgehead atoms. The molecule has 0 aliphatic heterocycles. The largest absolute Gasteiger partial charge is 0.393 e. The Morgan fingerprint density at radius 2 is 2.00 bits per heavy atom. The highest BCUT2D eigenvalue weighted by atomic mass is 35.5. The van der Waals surface area contributed by atoms with Crippen molar-refractivity contribution in [1.29, 1.82) is 0 Å². The number of hydrogen-bond acceptors (Lipinski definition) is 5. The van der Waals surface area contributed by atoms with E-state index in [-0.39, 0.29) is 30.1 Å². The summed E-state index contributed by atoms with van der Waals surface area (Å²) in [6, 6.07) is 12.7. The zero-order chi connectivity index (χ0) is 26.8. The molecular weight excluding hydrogens is 533 g/mol. The average molecular weight is 563 g/mol. The molecule has 0 spiro atoms. The number of aliphatic hydroxyl groups is 1. The van der Waals surface area contributed by atoms with Crippen LogP contribution in [-0.4, -0.2) is 41.3 Å². The lowest BCUT2D eigenvalue weighted by molar-refractivity contribution is -0.116. The number of hydrogen-bond donors (Lipinski definition) is 3. The highest BCUT2D eigenvalue weighted by Crippen LogP contribution is 2.45. The maximum absolute atomic E-state index is 13.7. The van der Waals surface area contributed by atoms with Crippen molar-refractivity contribution < 1.29 is 18.3 Å². The molecule has 1 heterocycles. The fraction of sp³-hybridized carbons (Fsp3) is 0.333. The SMILES string of the molecule is CCC(O)CCS(=O)(=O)NC(=O)C1=CC=CC(C)C1(Cc1ccc(Cl)cc1Cl)c1nc2ccccc2[nH]1. The van der Waals surface area contributed by atoms with E-state index in [2.05, 4.69) is 9.71 Å². The molecule has 37 heavy (non-hydrogen) atoms. The minimum absolute atomic E-state index is 0.0313. The number of para-hydroxylation sites is 2. The van der Waals surface area contributed by atoms with Crippen LogP contribution in [0.3, 0.4) is 0 Å². The molecule has 196 valence electrons. The molecule has 3 atom stereocenters. The number of amides is 1. The van der Waals surface area contributed by atoms with Crippen molar-refractivity contribution in [3.8, 4) is 0 Å². The third-order valence-corrected chi connectivity index (χ3v) is 8.76. The number of aromatic nitrogens is 2. The van der Waals surface area contributed by atoms with Gasteiger partial charge in [0.25, 0.3) is 5.91 Å². The number of rotatable bonds is 9. The van der Waals surface area contributed by atoms with Gasteiger partial charge >= 0.3 is 0 Å². The summed E-state index contributed by atoms with van der Waals surface area (Å²) in [6.07, 6.45) is 5.30. The van der Waals surface area contributed by atoms with Crippen LogP contribution in [0.25, 0.3) is 11.0 Å². The van der Waals surface area contributed by atoms with E-state index < -0.39 is 27.4 Å². The van der Waals surface area contributed by atoms with Crippen molar-refractivity contribution in [2.45, 2.75) is 44.6 Å². The molecule has 1 aromatic heterocycles. The number of halogens is 2. The Kier molecular flexibility index (Phi) is 8.14. The topological polar surface area (TPSA) is 112 Å². The molecule has 3 unspecified atom stereocenters. The number of sulfonamides is 1. The quantitative estimate of drug-likeness (QED) is 0.337. The number of H-pyrrole nitrogens is 1. The summed E-state index contributed by atoms with van der Waals surface area (Å²) in [5.41, 5.74) is 1.44. The van der Waals surface area contributed by atoms with Crippen LogP contribution in [0.15, 0.2) is 66.3 Å². The summed E-state index contributed by atoms with van der Waals surface area (Å²) in [5.74, 6) is -0.841. The van der Waals surface area contributed by atoms with Crippen LogP contribution in [0.2, 0.25) is 10.0 Å². The predicted octanol–water partition coefficient (Wildman–Crippen LogP) is 5.09. The number of allylic oxidation sites excluding steroid dienone is 3. The van der Waals surface area contributed by atoms with Crippen LogP contribution in [0.1, 0.15) is 38.1 Å². The molecule has 7 nitrogen and oxygen atoms in total. The molecule has 10 heteroatoms. The summed E-state index contributed by atoms with van der Waals surface area (Å²) >= 11 is 12.7. The van der Waals surface area contributed by atoms with Gasteiger partial charge in [0.2, 0.25) is 10.0 Å². The third-order valence-electron chi connectivity index (χ3n) is 6.90. The molecule has 0 fully saturated rings. The summed E-state index contributed by atoms with van der Waals surface area (Å²) in [6.45, 7) is 3.72. The van der Waals surface area contributed by atoms with Gasteiger partial charge in [-0.3, -0.25) is 4.79 Å². The minimum Gasteiger partial charge on any atom is -0.393 e. The van der Waals surface area contributed by atoms with Crippen LogP contribution in [0.5, 0.6) is 0 Å². The maximum Gasteiger partial charge on any atom is 0.261 e. The van der Waals surface area contributed by atoms with E-state index in [0.29, 0.717) is 22.3 Å². The Balaban J connectivity index is 1.81. The van der Waals surface area contributed by atoms with Crippen molar-refractivity contribution in [3.63, 3.8) is 0 Å². The number of carbonyl (C=O) groups excluding carboxylic acids is 1. The van der Waals surface area contributed by atoms with Crippen molar-refractivity contribution in [1.82, 2.24) is 14.7 Å². The number of aliphatic hydroxyl groups excluding tert-OH is 1. The van der Waals surface area contributed by atoms with Gasteiger partial charge in [-0.2, -0.15) is 0 Å². The van der Waals surface area contributed by atoms with Gasteiger partial charge in [0.1, 0.15) is 5.82 Å². The highest BCUT2D eigenvalue weighted by Gasteiger charge is 2.48. The Morgan fingerprint density at radius 3 is 2.70 bits per heavy atom. The Hall–Kier alpha value is -2.65. The number of fused-ring (bicyclic) bond motifs is 1. The number of aromatic amines is 1. The van der Waals surface area contributed by atoms with Crippen molar-refractivity contribution in [3.05, 3.63) is 87.7 Å². The Labute approximate surface area is 226 Å². The van der Waals surface area contributed by atoms with Crippen molar-refractivity contribution in [2.24, 2.45) is 5.92 Å². The molecule has 0 saturated carbocycles. The van der Waals surface area contributed by atoms with E-state index in [1.807, 2.05) is 37.3 Å². The van der Waals surface area contributed by atoms with Gasteiger partial charge in [0, 0.05) is 15.6 Å². The van der Waals surface area contributed by atoms with Gasteiger partial charge in [0.05, 0.1) is 28.3 Å². The Bertz CT molecular complexity index is 1450. The van der Waals surface area contributed by atoms with Crippen LogP contribution < -0.4 is 4.72 Å². The standard InChI is InChI=1S/C27H29Cl2N3O4S/c1-3-20(33)13-14-37(35,36)32-25(34)21-8-6-7-17(2)27(21,16-18-11-12-19(28)15-22(18)29)26-30-23-9-4-5-10-24(23)31-26/h4-12,15,17,20,33H,3,13-14,16H2,1-2H3,(H,30,31)(H,32,34). The second kappa shape index (κ2) is 11.0. The van der Waals surface area contributed by atoms with Crippen LogP contribution in [-0.2, 0) is 26.7 Å². The molecule has 3 N–H and O–H groups in total. The first-order valence-electron chi connectivity index (χ1n) is 12.1. The van der Waals surface area contributed by atoms with Gasteiger partial charge in [-0.1, -0.05) is 73.5 Å². The van der Waals surface area contributed by atoms with Gasteiger partial charge in [-0.05, 0) is 55.0 Å². The summed E-state index contributed by atoms with van der Waals surface area (Å²) in [7, 11) is -4.00. The first-order valence-corrected chi connectivity index (χ1v) is 14.5. The van der Waals surface area contributed by atoms with Crippen molar-refractivity contribution >= 4 is 50.2 Å². The lowest BCUT2D eigenvalue weighted by Gasteiger charge is -2.40. The molecule has 1 aliphatic rings. The lowest BCUT2D eigenvalue weighted by Crippen LogP contribution is -2.47. The zero-order valence-corrected chi connectivity index (χ0v) is 22.9. The molecule has 0 radical (unpaired) electrons. The molecule has 2 aromatic carbocycles. The fourth-order valence-corrected chi connectivity index (χ4v) is 6.26. The predicted molar refractivity (Wildman–Crippen MR) is 147 cm³/mol. The number of imidazole rings is 1. The number of nitrogens with one attached hydrogen (secondary N) is 2. The first kappa shape index (κ1) is 27.4. The number of carbonyl (C=O) groups is 1. The first-order chi connectivity index (χ1) is 17.6. The van der Waals surface area contributed by atoms with Gasteiger partial charge in [-0.15, -0.1) is 0 Å². The normalized spacial score (nSPS) is 20.6. The molecule has 0 saturated heterocycles. The van der Waals surface area contributed by atoms with Crippen LogP contribution in [0, 0.1) is 5.92 Å². The summed E-state index contributed by atoms with van der Waals surface area (Å²) in [5, 5.41) is 10.7. The minimum atomic E-state index is -4.00. The third kappa shape index (κ3) is 5.77. The second-order valence-electron chi connectivity index (χ2n) is 9.34. The van der Waals surface area contributed by atoms with Gasteiger partial charge in [-0.25, -0.2) is 18.1 Å². The van der Waals surface area contributed by atoms with Crippen LogP contribution >= 0.6 is 23.2 Å². The van der Waals surface area contributed by atoms with Gasteiger partial charge in [0.15, 0.2) is 0 Å². The molecular formula is C27H29Cl2N3O4S. The number of benzene rings is 2. The van der Waals surface area contributed by atoms with E-state index in [1.165, 1.54) is 0 Å². The monoisotopic (exact) mass is 561 g/mol. The summed E-state index contributed by atoms with van der Waals surface area (Å²) < 4.78 is 27.8. The van der Waals surface area contributed by atoms with Crippen LogP contribution in [0.4, 0.5) is 0 Å². The molecule has 3 aromatic rings. The number of nitrogens with zero attached hydrogens (tertiary/aromatic N) is 1. The lowest BCUT2D eigenvalue weighted by atomic mass is 9.64. The smallest absolute Gasteiger partial charge is 0.261 e. The molecule has 1 amide bonds. The average Bonchev–Trinajstić information content (AvgIpc) is 3.29. The van der Waals surface area contributed by atoms with E-state index in [4.69, 9.17) is 28.2 Å². The van der Waals surface area contributed by atoms with Gasteiger partial charge < -0.3 is 10.1 Å². The Morgan fingerprint density at radius 1 is 1.24 bits per heavy atom. The summed E-state index contributed by atoms with van der Waals surface area (Å²) in [4.78, 5) is 21.9. The highest BCUT2D eigenvalue weighted by molar-refractivity contribution is 7.90. The van der Waals surface area contributed by atoms with E-state index >= 15 is 0 Å². The fourth-order valence-electron chi connectivity index (χ4n) is 4.71. The van der Waals surface area contributed by atoms with E-state index in [1.54, 1.807) is 37.3 Å². The van der Waals surface area contributed by atoms with E-state index in [0.717, 1.165) is 16.6 Å². The zero-order valence-electron chi connectivity index (χ0n) is 20.5. The van der Waals surface area contributed by atoms with Crippen molar-refractivity contribution in [2.75, 3.05) is 5.75 Å². The second-order valence-corrected chi connectivity index (χ2v) is 12.0. The van der Waals surface area contributed by atoms with E-state index in [9.17, 15) is 18.3 Å². The maximum atomic E-state index is 13.7. The molecule has 1 aliphatic carbocycles. The molecule has 4 rings (SSSR count).